The van der Waals surface area contributed by atoms with Crippen molar-refractivity contribution in [1.29, 1.82) is 0 Å². The van der Waals surface area contributed by atoms with E-state index >= 15 is 0 Å². The molecule has 1 atom stereocenters. The molecule has 1 fully saturated rings. The van der Waals surface area contributed by atoms with E-state index in [9.17, 15) is 14.7 Å². The number of aliphatic carboxylic acids is 1. The number of aromatic nitrogens is 1. The molecule has 2 heterocycles. The number of amides is 1. The van der Waals surface area contributed by atoms with Crippen LogP contribution in [-0.4, -0.2) is 40.1 Å². The molecule has 1 aliphatic rings. The van der Waals surface area contributed by atoms with E-state index in [1.54, 1.807) is 11.8 Å². The monoisotopic (exact) mass is 294 g/mol. The molecule has 21 heavy (non-hydrogen) atoms. The molecule has 1 aromatic heterocycles. The van der Waals surface area contributed by atoms with Gasteiger partial charge < -0.3 is 14.5 Å². The maximum Gasteiger partial charge on any atom is 0.311 e. The molecule has 1 aliphatic heterocycles. The number of carbonyl (C=O) groups is 2. The fourth-order valence-corrected chi connectivity index (χ4v) is 2.86. The van der Waals surface area contributed by atoms with Gasteiger partial charge in [0, 0.05) is 19.0 Å². The van der Waals surface area contributed by atoms with Gasteiger partial charge in [-0.05, 0) is 19.8 Å². The Hall–Kier alpha value is -1.85. The van der Waals surface area contributed by atoms with Gasteiger partial charge in [0.2, 0.25) is 0 Å². The fourth-order valence-electron chi connectivity index (χ4n) is 2.86. The number of hydrogen-bond acceptors (Lipinski definition) is 4. The average Bonchev–Trinajstić information content (AvgIpc) is 3.02. The van der Waals surface area contributed by atoms with Crippen LogP contribution in [0.25, 0.3) is 0 Å². The molecule has 6 heteroatoms. The Morgan fingerprint density at radius 3 is 2.62 bits per heavy atom. The first-order valence-corrected chi connectivity index (χ1v) is 7.31. The van der Waals surface area contributed by atoms with Crippen LogP contribution in [0.2, 0.25) is 0 Å². The van der Waals surface area contributed by atoms with Gasteiger partial charge in [-0.25, -0.2) is 0 Å². The third kappa shape index (κ3) is 2.54. The van der Waals surface area contributed by atoms with Gasteiger partial charge in [0.25, 0.3) is 5.91 Å². The Balaban J connectivity index is 2.27. The van der Waals surface area contributed by atoms with Gasteiger partial charge in [0.15, 0.2) is 5.76 Å². The number of hydrogen-bond donors (Lipinski definition) is 1. The van der Waals surface area contributed by atoms with Crippen molar-refractivity contribution in [3.05, 3.63) is 17.0 Å². The number of carboxylic acid groups (broad SMARTS) is 1. The minimum absolute atomic E-state index is 0.0585. The molecule has 1 amide bonds. The van der Waals surface area contributed by atoms with E-state index < -0.39 is 11.4 Å². The van der Waals surface area contributed by atoms with Crippen LogP contribution < -0.4 is 0 Å². The van der Waals surface area contributed by atoms with Gasteiger partial charge in [-0.2, -0.15) is 0 Å². The van der Waals surface area contributed by atoms with E-state index in [4.69, 9.17) is 4.52 Å². The molecule has 116 valence electrons. The van der Waals surface area contributed by atoms with Gasteiger partial charge in [0.1, 0.15) is 5.56 Å². The largest absolute Gasteiger partial charge is 0.481 e. The molecule has 1 N–H and O–H groups in total. The molecule has 0 aromatic carbocycles. The van der Waals surface area contributed by atoms with E-state index in [2.05, 4.69) is 5.16 Å². The van der Waals surface area contributed by atoms with Crippen molar-refractivity contribution in [3.8, 4) is 0 Å². The van der Waals surface area contributed by atoms with Gasteiger partial charge in [-0.3, -0.25) is 9.59 Å². The van der Waals surface area contributed by atoms with Crippen molar-refractivity contribution in [1.82, 2.24) is 10.1 Å². The number of carboxylic acids is 1. The van der Waals surface area contributed by atoms with Crippen LogP contribution in [0, 0.1) is 12.3 Å². The van der Waals surface area contributed by atoms with E-state index in [0.717, 1.165) is 0 Å². The molecular weight excluding hydrogens is 272 g/mol. The molecule has 0 radical (unpaired) electrons. The summed E-state index contributed by atoms with van der Waals surface area (Å²) in [5.41, 5.74) is 0.231. The third-order valence-corrected chi connectivity index (χ3v) is 4.40. The Morgan fingerprint density at radius 1 is 1.48 bits per heavy atom. The first-order valence-electron chi connectivity index (χ1n) is 7.31. The lowest BCUT2D eigenvalue weighted by Crippen LogP contribution is -2.36. The van der Waals surface area contributed by atoms with Gasteiger partial charge >= 0.3 is 5.97 Å². The Bertz CT molecular complexity index is 564. The first-order chi connectivity index (χ1) is 9.82. The summed E-state index contributed by atoms with van der Waals surface area (Å²) >= 11 is 0. The second kappa shape index (κ2) is 5.50. The number of likely N-dealkylation sites (tertiary alicyclic amines) is 1. The summed E-state index contributed by atoms with van der Waals surface area (Å²) in [6.45, 7) is 8.18. The fraction of sp³-hybridized carbons (Fsp3) is 0.667. The van der Waals surface area contributed by atoms with Crippen molar-refractivity contribution in [2.24, 2.45) is 5.41 Å². The molecule has 2 rings (SSSR count). The van der Waals surface area contributed by atoms with E-state index in [0.29, 0.717) is 36.4 Å². The molecule has 0 spiro atoms. The van der Waals surface area contributed by atoms with Crippen LogP contribution in [0.1, 0.15) is 61.3 Å². The highest BCUT2D eigenvalue weighted by atomic mass is 16.5. The minimum atomic E-state index is -0.827. The summed E-state index contributed by atoms with van der Waals surface area (Å²) in [5.74, 6) is -0.370. The smallest absolute Gasteiger partial charge is 0.311 e. The van der Waals surface area contributed by atoms with Gasteiger partial charge in [-0.1, -0.05) is 25.9 Å². The summed E-state index contributed by atoms with van der Waals surface area (Å²) in [6, 6.07) is 0. The summed E-state index contributed by atoms with van der Waals surface area (Å²) in [6.07, 6.45) is 1.01. The zero-order valence-electron chi connectivity index (χ0n) is 13.0. The Morgan fingerprint density at radius 2 is 2.14 bits per heavy atom. The summed E-state index contributed by atoms with van der Waals surface area (Å²) in [5, 5.41) is 13.3. The quantitative estimate of drug-likeness (QED) is 0.922. The molecular formula is C15H22N2O4. The van der Waals surface area contributed by atoms with Crippen molar-refractivity contribution in [2.75, 3.05) is 13.1 Å². The van der Waals surface area contributed by atoms with Crippen LogP contribution >= 0.6 is 0 Å². The predicted molar refractivity (Wildman–Crippen MR) is 76.2 cm³/mol. The highest BCUT2D eigenvalue weighted by Crippen LogP contribution is 2.36. The molecule has 0 bridgehead atoms. The minimum Gasteiger partial charge on any atom is -0.481 e. The standard InChI is InChI=1S/C15H22N2O4/c1-5-15(14(19)20)6-7-17(8-15)13(18)11-10(4)16-21-12(11)9(2)3/h9H,5-8H2,1-4H3,(H,19,20). The van der Waals surface area contributed by atoms with Crippen LogP contribution in [-0.2, 0) is 4.79 Å². The predicted octanol–water partition coefficient (Wildman–Crippen LogP) is 2.43. The molecule has 1 unspecified atom stereocenters. The number of nitrogens with zero attached hydrogens (tertiary/aromatic N) is 2. The molecule has 0 saturated carbocycles. The average molecular weight is 294 g/mol. The zero-order chi connectivity index (χ0) is 15.8. The number of carbonyl (C=O) groups excluding carboxylic acids is 1. The highest BCUT2D eigenvalue weighted by Gasteiger charge is 2.45. The second-order valence-electron chi connectivity index (χ2n) is 6.08. The summed E-state index contributed by atoms with van der Waals surface area (Å²) in [7, 11) is 0. The molecule has 6 nitrogen and oxygen atoms in total. The van der Waals surface area contributed by atoms with Gasteiger partial charge in [0.05, 0.1) is 11.1 Å². The lowest BCUT2D eigenvalue weighted by atomic mass is 9.84. The Labute approximate surface area is 124 Å². The SMILES string of the molecule is CCC1(C(=O)O)CCN(C(=O)c2c(C)noc2C(C)C)C1. The number of rotatable bonds is 4. The molecule has 0 aliphatic carbocycles. The maximum atomic E-state index is 12.7. The van der Waals surface area contributed by atoms with E-state index in [-0.39, 0.29) is 18.4 Å². The van der Waals surface area contributed by atoms with E-state index in [1.165, 1.54) is 0 Å². The summed E-state index contributed by atoms with van der Waals surface area (Å²) in [4.78, 5) is 25.8. The topological polar surface area (TPSA) is 83.6 Å². The lowest BCUT2D eigenvalue weighted by Gasteiger charge is -2.23. The third-order valence-electron chi connectivity index (χ3n) is 4.40. The van der Waals surface area contributed by atoms with Crippen molar-refractivity contribution < 1.29 is 19.2 Å². The van der Waals surface area contributed by atoms with Crippen LogP contribution in [0.3, 0.4) is 0 Å². The van der Waals surface area contributed by atoms with Crippen molar-refractivity contribution in [3.63, 3.8) is 0 Å². The molecule has 1 aromatic rings. The van der Waals surface area contributed by atoms with E-state index in [1.807, 2.05) is 20.8 Å². The normalized spacial score (nSPS) is 22.0. The van der Waals surface area contributed by atoms with Crippen molar-refractivity contribution >= 4 is 11.9 Å². The summed E-state index contributed by atoms with van der Waals surface area (Å²) < 4.78 is 5.25. The first kappa shape index (κ1) is 15.5. The zero-order valence-corrected chi connectivity index (χ0v) is 13.0. The molecule has 1 saturated heterocycles. The number of aryl methyl sites for hydroxylation is 1. The van der Waals surface area contributed by atoms with Crippen molar-refractivity contribution in [2.45, 2.75) is 46.5 Å². The van der Waals surface area contributed by atoms with Crippen LogP contribution in [0.5, 0.6) is 0 Å². The highest BCUT2D eigenvalue weighted by molar-refractivity contribution is 5.97. The second-order valence-corrected chi connectivity index (χ2v) is 6.08. The van der Waals surface area contributed by atoms with Crippen LogP contribution in [0.15, 0.2) is 4.52 Å². The van der Waals surface area contributed by atoms with Gasteiger partial charge in [-0.15, -0.1) is 0 Å². The Kier molecular flexibility index (Phi) is 4.07. The lowest BCUT2D eigenvalue weighted by molar-refractivity contribution is -0.148. The maximum absolute atomic E-state index is 12.7. The van der Waals surface area contributed by atoms with Crippen LogP contribution in [0.4, 0.5) is 0 Å².